The zero-order valence-corrected chi connectivity index (χ0v) is 10.5. The molecular formula is C11H17N7. The zero-order chi connectivity index (χ0) is 13.0. The number of nitrogens with one attached hydrogen (secondary N) is 1. The molecule has 2 aromatic rings. The second-order valence-electron chi connectivity index (χ2n) is 4.16. The lowest BCUT2D eigenvalue weighted by molar-refractivity contribution is 0.590. The fourth-order valence-electron chi connectivity index (χ4n) is 1.36. The largest absolute Gasteiger partial charge is 0.368 e. The summed E-state index contributed by atoms with van der Waals surface area (Å²) in [5.74, 6) is 1.63. The first kappa shape index (κ1) is 12.3. The van der Waals surface area contributed by atoms with Gasteiger partial charge in [-0.25, -0.2) is 4.68 Å². The standard InChI is InChI=1S/C11H17N7/c1-3-8(2)7-13-10-15-9(12)16-11(17-10)18-6-4-5-14-18/h4-6,8H,3,7H2,1-2H3,(H3,12,13,15,16,17). The van der Waals surface area contributed by atoms with E-state index in [1.165, 1.54) is 0 Å². The van der Waals surface area contributed by atoms with Gasteiger partial charge in [-0.1, -0.05) is 20.3 Å². The number of nitrogens with zero attached hydrogens (tertiary/aromatic N) is 5. The van der Waals surface area contributed by atoms with Crippen LogP contribution >= 0.6 is 0 Å². The first-order chi connectivity index (χ1) is 8.69. The van der Waals surface area contributed by atoms with Crippen LogP contribution in [0.4, 0.5) is 11.9 Å². The number of nitrogens with two attached hydrogens (primary N) is 1. The smallest absolute Gasteiger partial charge is 0.257 e. The lowest BCUT2D eigenvalue weighted by Crippen LogP contribution is -2.15. The van der Waals surface area contributed by atoms with E-state index in [4.69, 9.17) is 5.73 Å². The molecule has 0 radical (unpaired) electrons. The van der Waals surface area contributed by atoms with Crippen LogP contribution in [0.15, 0.2) is 18.5 Å². The van der Waals surface area contributed by atoms with E-state index in [1.54, 1.807) is 23.1 Å². The maximum absolute atomic E-state index is 5.66. The summed E-state index contributed by atoms with van der Waals surface area (Å²) in [6.45, 7) is 5.10. The van der Waals surface area contributed by atoms with Crippen molar-refractivity contribution in [3.63, 3.8) is 0 Å². The maximum atomic E-state index is 5.66. The van der Waals surface area contributed by atoms with Gasteiger partial charge >= 0.3 is 0 Å². The van der Waals surface area contributed by atoms with Gasteiger partial charge in [0.2, 0.25) is 11.9 Å². The van der Waals surface area contributed by atoms with E-state index in [-0.39, 0.29) is 5.95 Å². The molecule has 0 aliphatic carbocycles. The van der Waals surface area contributed by atoms with Crippen molar-refractivity contribution in [2.75, 3.05) is 17.6 Å². The van der Waals surface area contributed by atoms with Gasteiger partial charge < -0.3 is 11.1 Å². The molecule has 0 aliphatic heterocycles. The van der Waals surface area contributed by atoms with Crippen molar-refractivity contribution in [2.24, 2.45) is 5.92 Å². The third kappa shape index (κ3) is 2.93. The number of rotatable bonds is 5. The van der Waals surface area contributed by atoms with E-state index in [0.717, 1.165) is 13.0 Å². The van der Waals surface area contributed by atoms with E-state index in [0.29, 0.717) is 17.8 Å². The Bertz CT molecular complexity index is 494. The molecule has 0 amide bonds. The van der Waals surface area contributed by atoms with Crippen molar-refractivity contribution in [1.29, 1.82) is 0 Å². The minimum absolute atomic E-state index is 0.183. The van der Waals surface area contributed by atoms with Crippen molar-refractivity contribution in [3.8, 4) is 5.95 Å². The Hall–Kier alpha value is -2.18. The van der Waals surface area contributed by atoms with Crippen LogP contribution < -0.4 is 11.1 Å². The summed E-state index contributed by atoms with van der Waals surface area (Å²) in [6.07, 6.45) is 4.51. The Morgan fingerprint density at radius 1 is 1.39 bits per heavy atom. The molecule has 0 fully saturated rings. The molecule has 0 saturated heterocycles. The topological polar surface area (TPSA) is 94.5 Å². The summed E-state index contributed by atoms with van der Waals surface area (Å²) in [7, 11) is 0. The average molecular weight is 247 g/mol. The molecule has 2 aromatic heterocycles. The molecule has 0 aromatic carbocycles. The van der Waals surface area contributed by atoms with E-state index < -0.39 is 0 Å². The lowest BCUT2D eigenvalue weighted by atomic mass is 10.1. The first-order valence-electron chi connectivity index (χ1n) is 5.94. The van der Waals surface area contributed by atoms with E-state index >= 15 is 0 Å². The van der Waals surface area contributed by atoms with Crippen LogP contribution in [0.5, 0.6) is 0 Å². The number of hydrogen-bond acceptors (Lipinski definition) is 6. The minimum Gasteiger partial charge on any atom is -0.368 e. The molecule has 0 bridgehead atoms. The van der Waals surface area contributed by atoms with Gasteiger partial charge in [-0.15, -0.1) is 0 Å². The summed E-state index contributed by atoms with van der Waals surface area (Å²) in [5.41, 5.74) is 5.66. The molecule has 18 heavy (non-hydrogen) atoms. The van der Waals surface area contributed by atoms with Crippen molar-refractivity contribution in [1.82, 2.24) is 24.7 Å². The van der Waals surface area contributed by atoms with Gasteiger partial charge in [0.15, 0.2) is 0 Å². The highest BCUT2D eigenvalue weighted by molar-refractivity contribution is 5.34. The SMILES string of the molecule is CCC(C)CNc1nc(N)nc(-n2cccn2)n1. The number of aromatic nitrogens is 5. The Balaban J connectivity index is 2.17. The van der Waals surface area contributed by atoms with E-state index in [9.17, 15) is 0 Å². The predicted molar refractivity (Wildman–Crippen MR) is 69.3 cm³/mol. The highest BCUT2D eigenvalue weighted by Gasteiger charge is 2.07. The second-order valence-corrected chi connectivity index (χ2v) is 4.16. The van der Waals surface area contributed by atoms with Gasteiger partial charge in [-0.3, -0.25) is 0 Å². The van der Waals surface area contributed by atoms with Crippen molar-refractivity contribution in [3.05, 3.63) is 18.5 Å². The van der Waals surface area contributed by atoms with Crippen LogP contribution in [0.25, 0.3) is 5.95 Å². The first-order valence-corrected chi connectivity index (χ1v) is 5.94. The summed E-state index contributed by atoms with van der Waals surface area (Å²) in [5, 5.41) is 7.22. The Morgan fingerprint density at radius 2 is 2.22 bits per heavy atom. The maximum Gasteiger partial charge on any atom is 0.257 e. The highest BCUT2D eigenvalue weighted by atomic mass is 15.4. The second kappa shape index (κ2) is 5.44. The van der Waals surface area contributed by atoms with Gasteiger partial charge in [0.05, 0.1) is 0 Å². The van der Waals surface area contributed by atoms with E-state index in [1.807, 2.05) is 0 Å². The highest BCUT2D eigenvalue weighted by Crippen LogP contribution is 2.08. The zero-order valence-electron chi connectivity index (χ0n) is 10.5. The Morgan fingerprint density at radius 3 is 2.89 bits per heavy atom. The molecule has 0 aliphatic rings. The summed E-state index contributed by atoms with van der Waals surface area (Å²) in [6, 6.07) is 1.80. The van der Waals surface area contributed by atoms with Crippen molar-refractivity contribution < 1.29 is 0 Å². The van der Waals surface area contributed by atoms with Crippen LogP contribution in [0.1, 0.15) is 20.3 Å². The van der Waals surface area contributed by atoms with Crippen LogP contribution in [0, 0.1) is 5.92 Å². The third-order valence-corrected chi connectivity index (χ3v) is 2.66. The Labute approximate surface area is 105 Å². The molecule has 0 spiro atoms. The lowest BCUT2D eigenvalue weighted by Gasteiger charge is -2.10. The van der Waals surface area contributed by atoms with Crippen molar-refractivity contribution in [2.45, 2.75) is 20.3 Å². The van der Waals surface area contributed by atoms with Gasteiger partial charge in [-0.05, 0) is 12.0 Å². The number of hydrogen-bond donors (Lipinski definition) is 2. The van der Waals surface area contributed by atoms with Gasteiger partial charge in [0, 0.05) is 18.9 Å². The quantitative estimate of drug-likeness (QED) is 0.821. The molecule has 0 saturated carbocycles. The van der Waals surface area contributed by atoms with Crippen molar-refractivity contribution >= 4 is 11.9 Å². The third-order valence-electron chi connectivity index (χ3n) is 2.66. The molecule has 1 atom stereocenters. The molecule has 2 rings (SSSR count). The van der Waals surface area contributed by atoms with Crippen LogP contribution in [0.3, 0.4) is 0 Å². The normalized spacial score (nSPS) is 12.3. The molecular weight excluding hydrogens is 230 g/mol. The fraction of sp³-hybridized carbons (Fsp3) is 0.455. The molecule has 7 nitrogen and oxygen atoms in total. The Kier molecular flexibility index (Phi) is 3.71. The summed E-state index contributed by atoms with van der Waals surface area (Å²) in [4.78, 5) is 12.4. The molecule has 7 heteroatoms. The van der Waals surface area contributed by atoms with Crippen LogP contribution in [-0.4, -0.2) is 31.3 Å². The monoisotopic (exact) mass is 247 g/mol. The average Bonchev–Trinajstić information content (AvgIpc) is 2.89. The predicted octanol–water partition coefficient (Wildman–Crippen LogP) is 1.10. The molecule has 2 heterocycles. The van der Waals surface area contributed by atoms with Gasteiger partial charge in [0.1, 0.15) is 0 Å². The van der Waals surface area contributed by atoms with E-state index in [2.05, 4.69) is 39.2 Å². The molecule has 1 unspecified atom stereocenters. The number of nitrogen functional groups attached to an aromatic ring is 1. The summed E-state index contributed by atoms with van der Waals surface area (Å²) < 4.78 is 1.55. The molecule has 96 valence electrons. The van der Waals surface area contributed by atoms with Crippen LogP contribution in [0.2, 0.25) is 0 Å². The number of anilines is 2. The van der Waals surface area contributed by atoms with Gasteiger partial charge in [-0.2, -0.15) is 20.1 Å². The molecule has 3 N–H and O–H groups in total. The minimum atomic E-state index is 0.183. The fourth-order valence-corrected chi connectivity index (χ4v) is 1.36. The van der Waals surface area contributed by atoms with Gasteiger partial charge in [0.25, 0.3) is 5.95 Å². The van der Waals surface area contributed by atoms with Crippen LogP contribution in [-0.2, 0) is 0 Å². The summed E-state index contributed by atoms with van der Waals surface area (Å²) >= 11 is 0.